The van der Waals surface area contributed by atoms with Crippen LogP contribution in [0, 0.1) is 0 Å². The molecule has 0 radical (unpaired) electrons. The Labute approximate surface area is 645 Å². The topological polar surface area (TPSA) is 43.8 Å². The number of anilines is 3. The van der Waals surface area contributed by atoms with Crippen molar-refractivity contribution in [3.63, 3.8) is 0 Å². The van der Waals surface area contributed by atoms with Gasteiger partial charge in [-0.15, -0.1) is 0 Å². The molecule has 0 aliphatic heterocycles. The third-order valence-electron chi connectivity index (χ3n) is 22.7. The highest BCUT2D eigenvalue weighted by molar-refractivity contribution is 7.00. The number of nitrogens with zero attached hydrogens (tertiary/aromatic N) is 6. The van der Waals surface area contributed by atoms with E-state index < -0.39 is 0 Å². The fraction of sp³-hybridized carbons (Fsp3) is 0. The van der Waals surface area contributed by atoms with Crippen LogP contribution in [0.15, 0.2) is 400 Å². The molecule has 6 nitrogen and oxygen atoms in total. The highest BCUT2D eigenvalue weighted by Crippen LogP contribution is 2.46. The lowest BCUT2D eigenvalue weighted by Gasteiger charge is -2.26. The van der Waals surface area contributed by atoms with Crippen LogP contribution in [0.5, 0.6) is 0 Å². The molecule has 0 unspecified atom stereocenters. The van der Waals surface area contributed by atoms with E-state index in [2.05, 4.69) is 419 Å². The van der Waals surface area contributed by atoms with E-state index in [1.807, 2.05) is 0 Å². The summed E-state index contributed by atoms with van der Waals surface area (Å²) >= 11 is 1.26. The van der Waals surface area contributed by atoms with E-state index in [1.54, 1.807) is 0 Å². The minimum absolute atomic E-state index is 0.828. The lowest BCUT2D eigenvalue weighted by Crippen LogP contribution is -2.10. The smallest absolute Gasteiger partial charge is 0.129 e. The van der Waals surface area contributed by atoms with Gasteiger partial charge in [0.1, 0.15) is 11.0 Å². The van der Waals surface area contributed by atoms with E-state index in [-0.39, 0.29) is 0 Å². The fourth-order valence-corrected chi connectivity index (χ4v) is 17.8. The zero-order valence-corrected chi connectivity index (χ0v) is 61.0. The molecule has 0 aliphatic carbocycles. The lowest BCUT2D eigenvalue weighted by atomic mass is 9.99. The molecule has 4 heterocycles. The van der Waals surface area contributed by atoms with Crippen LogP contribution in [0.2, 0.25) is 0 Å². The van der Waals surface area contributed by atoms with Gasteiger partial charge in [0.05, 0.1) is 50.5 Å². The van der Waals surface area contributed by atoms with Crippen LogP contribution in [0.25, 0.3) is 193 Å². The maximum absolute atomic E-state index is 5.20. The van der Waals surface area contributed by atoms with Gasteiger partial charge in [-0.25, -0.2) is 0 Å². The molecule has 22 rings (SSSR count). The molecule has 7 heteroatoms. The van der Waals surface area contributed by atoms with Crippen LogP contribution in [0.4, 0.5) is 17.1 Å². The first-order valence-corrected chi connectivity index (χ1v) is 38.6. The molecular formula is C104H66N6S. The van der Waals surface area contributed by atoms with Crippen molar-refractivity contribution in [2.45, 2.75) is 0 Å². The van der Waals surface area contributed by atoms with Crippen LogP contribution in [-0.4, -0.2) is 22.4 Å². The average molecular weight is 1430 g/mol. The van der Waals surface area contributed by atoms with Gasteiger partial charge in [0, 0.05) is 66.3 Å². The molecule has 0 amide bonds. The molecule has 0 saturated heterocycles. The van der Waals surface area contributed by atoms with E-state index in [9.17, 15) is 0 Å². The minimum atomic E-state index is 0.828. The second kappa shape index (κ2) is 26.2. The molecule has 0 N–H and O–H groups in total. The third kappa shape index (κ3) is 10.9. The summed E-state index contributed by atoms with van der Waals surface area (Å²) in [7, 11) is 0. The van der Waals surface area contributed by atoms with E-state index in [0.29, 0.717) is 0 Å². The zero-order chi connectivity index (χ0) is 73.0. The Bertz CT molecular complexity index is 6990. The lowest BCUT2D eigenvalue weighted by molar-refractivity contribution is 1.18. The van der Waals surface area contributed by atoms with Crippen molar-refractivity contribution in [2.75, 3.05) is 4.90 Å². The second-order valence-corrected chi connectivity index (χ2v) is 29.5. The molecule has 4 aromatic heterocycles. The van der Waals surface area contributed by atoms with Crippen LogP contribution >= 0.6 is 11.7 Å². The quantitative estimate of drug-likeness (QED) is 0.116. The predicted octanol–water partition coefficient (Wildman–Crippen LogP) is 28.4. The van der Waals surface area contributed by atoms with E-state index >= 15 is 0 Å². The number of rotatable bonds is 13. The molecule has 0 bridgehead atoms. The largest absolute Gasteiger partial charge is 0.309 e. The zero-order valence-electron chi connectivity index (χ0n) is 60.2. The van der Waals surface area contributed by atoms with E-state index in [4.69, 9.17) is 8.75 Å². The maximum Gasteiger partial charge on any atom is 0.129 e. The van der Waals surface area contributed by atoms with Gasteiger partial charge in [-0.2, -0.15) is 8.75 Å². The van der Waals surface area contributed by atoms with Crippen LogP contribution in [0.3, 0.4) is 0 Å². The summed E-state index contributed by atoms with van der Waals surface area (Å²) in [6.45, 7) is 0. The summed E-state index contributed by atoms with van der Waals surface area (Å²) in [6.07, 6.45) is 0. The van der Waals surface area contributed by atoms with Gasteiger partial charge < -0.3 is 18.6 Å². The van der Waals surface area contributed by atoms with Crippen molar-refractivity contribution in [3.8, 4) is 95.0 Å². The standard InChI is InChI=1S/C104H66N6S/c1-5-17-67(18-6-1)71-29-47-87(48-30-71)109-98-56-41-82(63-92(98)94-59-76-25-13-15-27-78(76)65-101(94)109)73-33-43-84(44-34-73)107(85-45-35-74(36-46-85)83-42-57-99-93(64-83)95-60-77-26-14-16-28-79(77)66-102(95)110(99)88-49-31-72(32-50-88)68-19-7-2-8-20-68)100-58-53-89(103-104(100)106-111-105-103)75-37-51-86(52-38-75)108-96-54-39-80(69-21-9-3-10-22-69)61-90(96)91-62-81(40-55-97(91)108)70-23-11-4-12-24-70/h1-66H. The summed E-state index contributed by atoms with van der Waals surface area (Å²) < 4.78 is 17.6. The molecule has 518 valence electrons. The van der Waals surface area contributed by atoms with E-state index in [0.717, 1.165) is 101 Å². The van der Waals surface area contributed by atoms with Gasteiger partial charge in [-0.1, -0.05) is 255 Å². The van der Waals surface area contributed by atoms with E-state index in [1.165, 1.54) is 121 Å². The van der Waals surface area contributed by atoms with Crippen molar-refractivity contribution in [1.29, 1.82) is 0 Å². The molecule has 111 heavy (non-hydrogen) atoms. The van der Waals surface area contributed by atoms with Gasteiger partial charge in [0.25, 0.3) is 0 Å². The van der Waals surface area contributed by atoms with Crippen molar-refractivity contribution in [3.05, 3.63) is 400 Å². The number of hydrogen-bond acceptors (Lipinski definition) is 4. The molecule has 18 aromatic carbocycles. The Hall–Kier alpha value is -14.5. The third-order valence-corrected chi connectivity index (χ3v) is 23.2. The summed E-state index contributed by atoms with van der Waals surface area (Å²) in [5.41, 5.74) is 31.1. The second-order valence-electron chi connectivity index (χ2n) is 29.0. The van der Waals surface area contributed by atoms with Gasteiger partial charge in [0.15, 0.2) is 0 Å². The summed E-state index contributed by atoms with van der Waals surface area (Å²) in [4.78, 5) is 2.36. The number of aromatic nitrogens is 5. The number of benzene rings is 18. The number of fused-ring (bicyclic) bond motifs is 12. The fourth-order valence-electron chi connectivity index (χ4n) is 17.2. The molecule has 0 spiro atoms. The number of hydrogen-bond donors (Lipinski definition) is 0. The van der Waals surface area contributed by atoms with Gasteiger partial charge in [-0.05, 0) is 239 Å². The van der Waals surface area contributed by atoms with Gasteiger partial charge in [-0.3, -0.25) is 0 Å². The summed E-state index contributed by atoms with van der Waals surface area (Å²) in [6, 6.07) is 147. The van der Waals surface area contributed by atoms with Crippen molar-refractivity contribution < 1.29 is 0 Å². The molecule has 0 aliphatic rings. The van der Waals surface area contributed by atoms with Crippen LogP contribution in [0.1, 0.15) is 0 Å². The first-order valence-electron chi connectivity index (χ1n) is 37.8. The Balaban J connectivity index is 0.650. The van der Waals surface area contributed by atoms with Crippen molar-refractivity contribution in [1.82, 2.24) is 22.4 Å². The van der Waals surface area contributed by atoms with Gasteiger partial charge >= 0.3 is 0 Å². The maximum atomic E-state index is 5.20. The van der Waals surface area contributed by atoms with Crippen LogP contribution < -0.4 is 4.90 Å². The average Bonchev–Trinajstić information content (AvgIpc) is 1.61. The predicted molar refractivity (Wildman–Crippen MR) is 468 cm³/mol. The summed E-state index contributed by atoms with van der Waals surface area (Å²) in [5.74, 6) is 0. The van der Waals surface area contributed by atoms with Crippen molar-refractivity contribution in [2.24, 2.45) is 0 Å². The Morgan fingerprint density at radius 1 is 0.198 bits per heavy atom. The molecular weight excluding hydrogens is 1370 g/mol. The molecule has 0 saturated carbocycles. The molecule has 22 aromatic rings. The Kier molecular flexibility index (Phi) is 15.0. The van der Waals surface area contributed by atoms with Crippen molar-refractivity contribution >= 4 is 127 Å². The highest BCUT2D eigenvalue weighted by Gasteiger charge is 2.24. The Morgan fingerprint density at radius 2 is 0.468 bits per heavy atom. The molecule has 0 fully saturated rings. The Morgan fingerprint density at radius 3 is 0.838 bits per heavy atom. The summed E-state index contributed by atoms with van der Waals surface area (Å²) in [5, 5.41) is 12.1. The monoisotopic (exact) mass is 1430 g/mol. The molecule has 0 atom stereocenters. The van der Waals surface area contributed by atoms with Gasteiger partial charge in [0.2, 0.25) is 0 Å². The van der Waals surface area contributed by atoms with Crippen LogP contribution in [-0.2, 0) is 0 Å². The first-order chi connectivity index (χ1) is 55.0. The first kappa shape index (κ1) is 63.7. The SMILES string of the molecule is c1ccc(-c2ccc(-n3c4ccc(-c5ccc(N(c6ccc(-c7ccc8c(c7)c7cc9ccccc9cc7n8-c7ccc(-c8ccccc8)cc7)cc6)c6ccc(-c7ccc(-n8c9ccc(-c%10ccccc%10)cc9c9cc(-c%10ccccc%10)ccc98)cc7)c7nsnc67)cc5)cc4c4cc5ccccc5cc43)cc2)cc1. The minimum Gasteiger partial charge on any atom is -0.309 e. The highest BCUT2D eigenvalue weighted by atomic mass is 32.1. The normalized spacial score (nSPS) is 11.8.